The lowest BCUT2D eigenvalue weighted by Crippen LogP contribution is -2.57. The molecule has 27 heavy (non-hydrogen) atoms. The van der Waals surface area contributed by atoms with Gasteiger partial charge >= 0.3 is 6.09 Å². The summed E-state index contributed by atoms with van der Waals surface area (Å²) in [7, 11) is 0. The normalized spacial score (nSPS) is 26.4. The third kappa shape index (κ3) is 5.50. The lowest BCUT2D eigenvalue weighted by atomic mass is 10.1. The van der Waals surface area contributed by atoms with E-state index in [0.29, 0.717) is 19.0 Å². The summed E-state index contributed by atoms with van der Waals surface area (Å²) in [5.41, 5.74) is -0.447. The second-order valence-corrected chi connectivity index (χ2v) is 9.63. The fourth-order valence-corrected chi connectivity index (χ4v) is 4.22. The van der Waals surface area contributed by atoms with Crippen LogP contribution in [0.1, 0.15) is 41.0 Å². The smallest absolute Gasteiger partial charge is 0.410 e. The maximum atomic E-state index is 12.3. The van der Waals surface area contributed by atoms with Crippen molar-refractivity contribution in [1.82, 2.24) is 20.0 Å². The Hall–Kier alpha value is -1.50. The fourth-order valence-electron chi connectivity index (χ4n) is 4.22. The van der Waals surface area contributed by atoms with E-state index in [1.54, 1.807) is 0 Å². The quantitative estimate of drug-likeness (QED) is 0.808. The number of piperazine rings is 1. The van der Waals surface area contributed by atoms with Gasteiger partial charge in [-0.05, 0) is 45.6 Å². The Kier molecular flexibility index (Phi) is 6.18. The van der Waals surface area contributed by atoms with Crippen molar-refractivity contribution >= 4 is 12.1 Å². The number of nitrogens with one attached hydrogen (secondary N) is 1. The van der Waals surface area contributed by atoms with E-state index in [9.17, 15) is 4.79 Å². The standard InChI is InChI=1S/C20H37N5O2/c1-15(2)12-23-7-6-16(13-23)10-21-18-22-11-17-14-24(8-9-25(17)18)19(26)27-20(3,4)5/h15-17H,6-14H2,1-5H3,(H,21,22). The van der Waals surface area contributed by atoms with Gasteiger partial charge in [0.2, 0.25) is 0 Å². The Labute approximate surface area is 164 Å². The summed E-state index contributed by atoms with van der Waals surface area (Å²) < 4.78 is 5.52. The lowest BCUT2D eigenvalue weighted by Gasteiger charge is -2.39. The van der Waals surface area contributed by atoms with Crippen LogP contribution in [0.3, 0.4) is 0 Å². The zero-order valence-electron chi connectivity index (χ0n) is 17.7. The highest BCUT2D eigenvalue weighted by Crippen LogP contribution is 2.20. The molecule has 7 nitrogen and oxygen atoms in total. The van der Waals surface area contributed by atoms with Crippen molar-refractivity contribution in [3.63, 3.8) is 0 Å². The molecule has 1 amide bonds. The minimum absolute atomic E-state index is 0.209. The summed E-state index contributed by atoms with van der Waals surface area (Å²) in [4.78, 5) is 23.8. The van der Waals surface area contributed by atoms with E-state index in [2.05, 4.69) is 29.0 Å². The van der Waals surface area contributed by atoms with Crippen molar-refractivity contribution in [3.8, 4) is 0 Å². The summed E-state index contributed by atoms with van der Waals surface area (Å²) in [5, 5.41) is 3.59. The first-order chi connectivity index (χ1) is 12.7. The number of likely N-dealkylation sites (tertiary alicyclic amines) is 1. The van der Waals surface area contributed by atoms with Crippen LogP contribution in [-0.4, -0.2) is 90.8 Å². The van der Waals surface area contributed by atoms with Crippen molar-refractivity contribution in [3.05, 3.63) is 0 Å². The number of nitrogens with zero attached hydrogens (tertiary/aromatic N) is 4. The first kappa shape index (κ1) is 20.2. The van der Waals surface area contributed by atoms with Gasteiger partial charge in [-0.3, -0.25) is 4.99 Å². The molecule has 0 aromatic carbocycles. The average Bonchev–Trinajstić information content (AvgIpc) is 3.16. The molecule has 0 aromatic heterocycles. The molecule has 2 fully saturated rings. The summed E-state index contributed by atoms with van der Waals surface area (Å²) in [6, 6.07) is 0.273. The van der Waals surface area contributed by atoms with Crippen LogP contribution in [-0.2, 0) is 4.74 Å². The molecule has 0 bridgehead atoms. The molecule has 7 heteroatoms. The van der Waals surface area contributed by atoms with Gasteiger partial charge in [-0.2, -0.15) is 0 Å². The van der Waals surface area contributed by atoms with E-state index < -0.39 is 5.60 Å². The van der Waals surface area contributed by atoms with Crippen LogP contribution in [0.25, 0.3) is 0 Å². The highest BCUT2D eigenvalue weighted by atomic mass is 16.6. The van der Waals surface area contributed by atoms with E-state index in [1.807, 2.05) is 25.7 Å². The topological polar surface area (TPSA) is 60.4 Å². The highest BCUT2D eigenvalue weighted by molar-refractivity contribution is 5.82. The van der Waals surface area contributed by atoms with Crippen molar-refractivity contribution in [1.29, 1.82) is 0 Å². The molecule has 2 unspecified atom stereocenters. The Morgan fingerprint density at radius 2 is 2.04 bits per heavy atom. The SMILES string of the molecule is CC(C)CN1CCC(CNC2=NCC3CN(C(=O)OC(C)(C)C)CCN23)C1. The molecule has 0 spiro atoms. The molecule has 3 aliphatic heterocycles. The van der Waals surface area contributed by atoms with Crippen LogP contribution in [0, 0.1) is 11.8 Å². The van der Waals surface area contributed by atoms with Gasteiger partial charge in [0.05, 0.1) is 12.6 Å². The molecule has 3 rings (SSSR count). The van der Waals surface area contributed by atoms with Gasteiger partial charge in [0.25, 0.3) is 0 Å². The number of fused-ring (bicyclic) bond motifs is 1. The van der Waals surface area contributed by atoms with Crippen molar-refractivity contribution in [2.75, 3.05) is 52.4 Å². The minimum atomic E-state index is -0.447. The summed E-state index contributed by atoms with van der Waals surface area (Å²) in [5.74, 6) is 2.46. The third-order valence-corrected chi connectivity index (χ3v) is 5.40. The van der Waals surface area contributed by atoms with Crippen LogP contribution >= 0.6 is 0 Å². The fraction of sp³-hybridized carbons (Fsp3) is 0.900. The van der Waals surface area contributed by atoms with Gasteiger partial charge < -0.3 is 24.8 Å². The number of guanidine groups is 1. The van der Waals surface area contributed by atoms with Crippen LogP contribution in [0.15, 0.2) is 4.99 Å². The van der Waals surface area contributed by atoms with Crippen LogP contribution in [0.5, 0.6) is 0 Å². The number of ether oxygens (including phenoxy) is 1. The number of hydrogen-bond acceptors (Lipinski definition) is 6. The third-order valence-electron chi connectivity index (χ3n) is 5.40. The van der Waals surface area contributed by atoms with Gasteiger partial charge in [0.1, 0.15) is 5.60 Å². The molecule has 0 saturated carbocycles. The van der Waals surface area contributed by atoms with Gasteiger partial charge in [-0.1, -0.05) is 13.8 Å². The van der Waals surface area contributed by atoms with Crippen molar-refractivity contribution in [2.24, 2.45) is 16.8 Å². The molecule has 154 valence electrons. The molecule has 2 atom stereocenters. The number of carbonyl (C=O) groups excluding carboxylic acids is 1. The molecule has 1 N–H and O–H groups in total. The van der Waals surface area contributed by atoms with E-state index in [4.69, 9.17) is 9.73 Å². The van der Waals surface area contributed by atoms with Crippen LogP contribution < -0.4 is 5.32 Å². The van der Waals surface area contributed by atoms with Gasteiger partial charge in [0, 0.05) is 39.3 Å². The van der Waals surface area contributed by atoms with Gasteiger partial charge in [-0.15, -0.1) is 0 Å². The maximum absolute atomic E-state index is 12.3. The van der Waals surface area contributed by atoms with E-state index >= 15 is 0 Å². The first-order valence-electron chi connectivity index (χ1n) is 10.5. The Bertz CT molecular complexity index is 557. The van der Waals surface area contributed by atoms with E-state index in [1.165, 1.54) is 26.1 Å². The lowest BCUT2D eigenvalue weighted by molar-refractivity contribution is 0.0137. The monoisotopic (exact) mass is 379 g/mol. The zero-order valence-corrected chi connectivity index (χ0v) is 17.7. The number of aliphatic imine (C=N–C) groups is 1. The van der Waals surface area contributed by atoms with Crippen LogP contribution in [0.4, 0.5) is 4.79 Å². The van der Waals surface area contributed by atoms with Crippen molar-refractivity contribution < 1.29 is 9.53 Å². The molecule has 0 aromatic rings. The number of carbonyl (C=O) groups is 1. The molecular weight excluding hydrogens is 342 g/mol. The molecule has 0 aliphatic carbocycles. The van der Waals surface area contributed by atoms with Crippen molar-refractivity contribution in [2.45, 2.75) is 52.7 Å². The second-order valence-electron chi connectivity index (χ2n) is 9.63. The van der Waals surface area contributed by atoms with E-state index in [-0.39, 0.29) is 12.1 Å². The summed E-state index contributed by atoms with van der Waals surface area (Å²) >= 11 is 0. The Morgan fingerprint density at radius 3 is 2.74 bits per heavy atom. The zero-order chi connectivity index (χ0) is 19.6. The summed E-state index contributed by atoms with van der Waals surface area (Å²) in [6.45, 7) is 17.9. The maximum Gasteiger partial charge on any atom is 0.410 e. The predicted octanol–water partition coefficient (Wildman–Crippen LogP) is 1.84. The van der Waals surface area contributed by atoms with Gasteiger partial charge in [0.15, 0.2) is 5.96 Å². The molecule has 2 saturated heterocycles. The Morgan fingerprint density at radius 1 is 1.26 bits per heavy atom. The molecule has 0 radical (unpaired) electrons. The highest BCUT2D eigenvalue weighted by Gasteiger charge is 2.36. The molecular formula is C20H37N5O2. The summed E-state index contributed by atoms with van der Waals surface area (Å²) in [6.07, 6.45) is 1.06. The molecule has 3 heterocycles. The number of rotatable bonds is 4. The molecule has 3 aliphatic rings. The number of hydrogen-bond donors (Lipinski definition) is 1. The number of amides is 1. The Balaban J connectivity index is 1.42. The minimum Gasteiger partial charge on any atom is -0.444 e. The van der Waals surface area contributed by atoms with Gasteiger partial charge in [-0.25, -0.2) is 4.79 Å². The van der Waals surface area contributed by atoms with Crippen LogP contribution in [0.2, 0.25) is 0 Å². The first-order valence-corrected chi connectivity index (χ1v) is 10.5. The van der Waals surface area contributed by atoms with E-state index in [0.717, 1.165) is 31.5 Å². The second kappa shape index (κ2) is 8.25. The predicted molar refractivity (Wildman–Crippen MR) is 108 cm³/mol. The average molecular weight is 380 g/mol. The largest absolute Gasteiger partial charge is 0.444 e.